The zero-order valence-electron chi connectivity index (χ0n) is 9.71. The molecule has 1 heterocycles. The lowest BCUT2D eigenvalue weighted by atomic mass is 9.87. The van der Waals surface area contributed by atoms with Crippen LogP contribution in [0.1, 0.15) is 25.0 Å². The molecule has 2 heteroatoms. The van der Waals surface area contributed by atoms with E-state index >= 15 is 0 Å². The minimum Gasteiger partial charge on any atom is -0.368 e. The maximum Gasteiger partial charge on any atom is 0.105 e. The van der Waals surface area contributed by atoms with Gasteiger partial charge >= 0.3 is 0 Å². The van der Waals surface area contributed by atoms with Crippen molar-refractivity contribution in [2.24, 2.45) is 0 Å². The van der Waals surface area contributed by atoms with Crippen LogP contribution in [-0.4, -0.2) is 19.2 Å². The van der Waals surface area contributed by atoms with Gasteiger partial charge < -0.3 is 10.1 Å². The predicted octanol–water partition coefficient (Wildman–Crippen LogP) is 2.22. The van der Waals surface area contributed by atoms with Gasteiger partial charge in [-0.3, -0.25) is 0 Å². The summed E-state index contributed by atoms with van der Waals surface area (Å²) >= 11 is 0. The van der Waals surface area contributed by atoms with Crippen molar-refractivity contribution >= 4 is 0 Å². The SMILES string of the molecule is Cc1cccc(C2(C)OCCNC2C)c1. The number of hydrogen-bond donors (Lipinski definition) is 1. The van der Waals surface area contributed by atoms with Crippen LogP contribution in [0.25, 0.3) is 0 Å². The lowest BCUT2D eigenvalue weighted by Crippen LogP contribution is -2.52. The van der Waals surface area contributed by atoms with E-state index in [1.165, 1.54) is 11.1 Å². The van der Waals surface area contributed by atoms with Crippen molar-refractivity contribution in [1.29, 1.82) is 0 Å². The summed E-state index contributed by atoms with van der Waals surface area (Å²) in [4.78, 5) is 0. The fourth-order valence-electron chi connectivity index (χ4n) is 2.15. The van der Waals surface area contributed by atoms with Crippen LogP contribution in [0.2, 0.25) is 0 Å². The maximum atomic E-state index is 5.96. The van der Waals surface area contributed by atoms with Crippen molar-refractivity contribution in [2.45, 2.75) is 32.4 Å². The van der Waals surface area contributed by atoms with E-state index in [1.54, 1.807) is 0 Å². The zero-order valence-corrected chi connectivity index (χ0v) is 9.71. The molecule has 0 aromatic heterocycles. The minimum atomic E-state index is -0.190. The molecule has 1 saturated heterocycles. The van der Waals surface area contributed by atoms with Crippen LogP contribution in [-0.2, 0) is 10.3 Å². The Morgan fingerprint density at radius 1 is 1.47 bits per heavy atom. The third kappa shape index (κ3) is 1.92. The van der Waals surface area contributed by atoms with Crippen molar-refractivity contribution in [1.82, 2.24) is 5.32 Å². The van der Waals surface area contributed by atoms with Crippen LogP contribution >= 0.6 is 0 Å². The quantitative estimate of drug-likeness (QED) is 0.759. The Bertz CT molecular complexity index is 350. The molecule has 1 N–H and O–H groups in total. The van der Waals surface area contributed by atoms with Gasteiger partial charge in [0.05, 0.1) is 6.61 Å². The van der Waals surface area contributed by atoms with E-state index in [9.17, 15) is 0 Å². The van der Waals surface area contributed by atoms with E-state index < -0.39 is 0 Å². The monoisotopic (exact) mass is 205 g/mol. The van der Waals surface area contributed by atoms with E-state index in [0.29, 0.717) is 6.04 Å². The Hall–Kier alpha value is -0.860. The van der Waals surface area contributed by atoms with Crippen LogP contribution in [0.4, 0.5) is 0 Å². The molecule has 0 bridgehead atoms. The van der Waals surface area contributed by atoms with Gasteiger partial charge in [-0.25, -0.2) is 0 Å². The molecule has 82 valence electrons. The van der Waals surface area contributed by atoms with Crippen molar-refractivity contribution in [3.05, 3.63) is 35.4 Å². The third-order valence-electron chi connectivity index (χ3n) is 3.37. The van der Waals surface area contributed by atoms with Gasteiger partial charge in [0.25, 0.3) is 0 Å². The second kappa shape index (κ2) is 3.95. The smallest absolute Gasteiger partial charge is 0.105 e. The molecule has 0 spiro atoms. The molecule has 1 aromatic rings. The molecule has 0 amide bonds. The second-order valence-corrected chi connectivity index (χ2v) is 4.50. The highest BCUT2D eigenvalue weighted by molar-refractivity contribution is 5.29. The predicted molar refractivity (Wildman–Crippen MR) is 61.9 cm³/mol. The Labute approximate surface area is 91.6 Å². The number of ether oxygens (including phenoxy) is 1. The molecule has 0 aliphatic carbocycles. The van der Waals surface area contributed by atoms with Crippen LogP contribution in [0, 0.1) is 6.92 Å². The maximum absolute atomic E-state index is 5.96. The summed E-state index contributed by atoms with van der Waals surface area (Å²) in [5.74, 6) is 0. The van der Waals surface area contributed by atoms with Gasteiger partial charge in [-0.05, 0) is 26.3 Å². The van der Waals surface area contributed by atoms with Gasteiger partial charge in [0.2, 0.25) is 0 Å². The van der Waals surface area contributed by atoms with Gasteiger partial charge in [0.15, 0.2) is 0 Å². The molecule has 1 aliphatic rings. The average Bonchev–Trinajstić information content (AvgIpc) is 2.23. The molecule has 0 radical (unpaired) electrons. The summed E-state index contributed by atoms with van der Waals surface area (Å²) in [5.41, 5.74) is 2.36. The first kappa shape index (κ1) is 10.7. The molecule has 15 heavy (non-hydrogen) atoms. The van der Waals surface area contributed by atoms with Crippen LogP contribution in [0.15, 0.2) is 24.3 Å². The summed E-state index contributed by atoms with van der Waals surface area (Å²) < 4.78 is 5.96. The van der Waals surface area contributed by atoms with E-state index in [1.807, 2.05) is 0 Å². The van der Waals surface area contributed by atoms with Gasteiger partial charge in [0.1, 0.15) is 5.60 Å². The Morgan fingerprint density at radius 2 is 2.27 bits per heavy atom. The molecule has 1 aliphatic heterocycles. The largest absolute Gasteiger partial charge is 0.368 e. The molecule has 2 nitrogen and oxygen atoms in total. The molecule has 0 saturated carbocycles. The lowest BCUT2D eigenvalue weighted by Gasteiger charge is -2.40. The fraction of sp³-hybridized carbons (Fsp3) is 0.538. The van der Waals surface area contributed by atoms with Crippen molar-refractivity contribution < 1.29 is 4.74 Å². The Kier molecular flexibility index (Phi) is 2.81. The fourth-order valence-corrected chi connectivity index (χ4v) is 2.15. The average molecular weight is 205 g/mol. The number of rotatable bonds is 1. The molecular weight excluding hydrogens is 186 g/mol. The third-order valence-corrected chi connectivity index (χ3v) is 3.37. The van der Waals surface area contributed by atoms with Crippen LogP contribution in [0.5, 0.6) is 0 Å². The van der Waals surface area contributed by atoms with Gasteiger partial charge in [-0.15, -0.1) is 0 Å². The van der Waals surface area contributed by atoms with E-state index in [4.69, 9.17) is 4.74 Å². The number of hydrogen-bond acceptors (Lipinski definition) is 2. The van der Waals surface area contributed by atoms with Crippen LogP contribution in [0.3, 0.4) is 0 Å². The Morgan fingerprint density at radius 3 is 2.93 bits per heavy atom. The molecule has 2 atom stereocenters. The Balaban J connectivity index is 2.34. The molecule has 1 fully saturated rings. The van der Waals surface area contributed by atoms with Gasteiger partial charge in [-0.2, -0.15) is 0 Å². The summed E-state index contributed by atoms with van der Waals surface area (Å²) in [6.07, 6.45) is 0. The summed E-state index contributed by atoms with van der Waals surface area (Å²) in [6, 6.07) is 8.93. The first-order valence-corrected chi connectivity index (χ1v) is 5.57. The standard InChI is InChI=1S/C13H19NO/c1-10-5-4-6-12(9-10)13(3)11(2)14-7-8-15-13/h4-6,9,11,14H,7-8H2,1-3H3. The molecule has 1 aromatic carbocycles. The summed E-state index contributed by atoms with van der Waals surface area (Å²) in [7, 11) is 0. The number of aryl methyl sites for hydroxylation is 1. The summed E-state index contributed by atoms with van der Waals surface area (Å²) in [5, 5.41) is 3.47. The molecule has 2 rings (SSSR count). The van der Waals surface area contributed by atoms with Crippen molar-refractivity contribution in [2.75, 3.05) is 13.2 Å². The van der Waals surface area contributed by atoms with Crippen molar-refractivity contribution in [3.8, 4) is 0 Å². The highest BCUT2D eigenvalue weighted by Gasteiger charge is 2.36. The van der Waals surface area contributed by atoms with Crippen molar-refractivity contribution in [3.63, 3.8) is 0 Å². The van der Waals surface area contributed by atoms with E-state index in [2.05, 4.69) is 50.4 Å². The highest BCUT2D eigenvalue weighted by atomic mass is 16.5. The first-order chi connectivity index (χ1) is 7.13. The van der Waals surface area contributed by atoms with E-state index in [-0.39, 0.29) is 5.60 Å². The number of nitrogens with one attached hydrogen (secondary N) is 1. The molecule has 2 unspecified atom stereocenters. The van der Waals surface area contributed by atoms with E-state index in [0.717, 1.165) is 13.2 Å². The van der Waals surface area contributed by atoms with Crippen LogP contribution < -0.4 is 5.32 Å². The topological polar surface area (TPSA) is 21.3 Å². The zero-order chi connectivity index (χ0) is 10.9. The highest BCUT2D eigenvalue weighted by Crippen LogP contribution is 2.31. The normalized spacial score (nSPS) is 31.5. The van der Waals surface area contributed by atoms with Gasteiger partial charge in [0, 0.05) is 12.6 Å². The lowest BCUT2D eigenvalue weighted by molar-refractivity contribution is -0.0850. The summed E-state index contributed by atoms with van der Waals surface area (Å²) in [6.45, 7) is 8.20. The minimum absolute atomic E-state index is 0.190. The first-order valence-electron chi connectivity index (χ1n) is 5.57. The second-order valence-electron chi connectivity index (χ2n) is 4.50. The number of morpholine rings is 1. The number of benzene rings is 1. The van der Waals surface area contributed by atoms with Gasteiger partial charge in [-0.1, -0.05) is 29.8 Å². The molecular formula is C13H19NO.